The number of benzene rings is 1. The largest absolute Gasteiger partial charge is 0.478 e. The lowest BCUT2D eigenvalue weighted by molar-refractivity contribution is 0.0692. The zero-order chi connectivity index (χ0) is 13.1. The number of carbonyl (C=O) groups excluding carboxylic acids is 1. The molecule has 0 aliphatic rings. The minimum Gasteiger partial charge on any atom is -0.478 e. The van der Waals surface area contributed by atoms with Gasteiger partial charge in [-0.2, -0.15) is 0 Å². The lowest BCUT2D eigenvalue weighted by Gasteiger charge is -2.04. The minimum atomic E-state index is -1.15. The Balaban J connectivity index is 2.46. The predicted molar refractivity (Wildman–Crippen MR) is 65.8 cm³/mol. The third kappa shape index (κ3) is 2.27. The average Bonchev–Trinajstić information content (AvgIpc) is 2.39. The van der Waals surface area contributed by atoms with E-state index in [9.17, 15) is 9.59 Å². The molecule has 0 aliphatic carbocycles. The summed E-state index contributed by atoms with van der Waals surface area (Å²) in [5, 5.41) is 9.01. The highest BCUT2D eigenvalue weighted by atomic mass is 16.4. The minimum absolute atomic E-state index is 0.0805. The summed E-state index contributed by atoms with van der Waals surface area (Å²) in [5.41, 5.74) is 1.58. The van der Waals surface area contributed by atoms with Crippen molar-refractivity contribution in [3.05, 3.63) is 65.0 Å². The maximum Gasteiger partial charge on any atom is 0.338 e. The van der Waals surface area contributed by atoms with Crippen molar-refractivity contribution in [2.24, 2.45) is 0 Å². The molecular formula is C14H11NO3. The lowest BCUT2D eigenvalue weighted by atomic mass is 9.99. The molecule has 0 unspecified atom stereocenters. The van der Waals surface area contributed by atoms with Crippen LogP contribution >= 0.6 is 0 Å². The normalized spacial score (nSPS) is 10.1. The van der Waals surface area contributed by atoms with E-state index in [1.54, 1.807) is 12.1 Å². The van der Waals surface area contributed by atoms with Gasteiger partial charge >= 0.3 is 5.97 Å². The maximum atomic E-state index is 12.2. The Kier molecular flexibility index (Phi) is 3.19. The van der Waals surface area contributed by atoms with Crippen LogP contribution in [0, 0.1) is 6.92 Å². The van der Waals surface area contributed by atoms with Crippen LogP contribution in [-0.4, -0.2) is 21.8 Å². The molecule has 1 aromatic carbocycles. The zero-order valence-corrected chi connectivity index (χ0v) is 9.75. The topological polar surface area (TPSA) is 67.3 Å². The summed E-state index contributed by atoms with van der Waals surface area (Å²) in [6.07, 6.45) is 2.59. The molecule has 0 radical (unpaired) electrons. The molecule has 2 rings (SSSR count). The fourth-order valence-electron chi connectivity index (χ4n) is 1.62. The van der Waals surface area contributed by atoms with E-state index in [-0.39, 0.29) is 16.9 Å². The molecule has 2 aromatic rings. The van der Waals surface area contributed by atoms with Crippen molar-refractivity contribution in [1.82, 2.24) is 4.98 Å². The van der Waals surface area contributed by atoms with E-state index in [4.69, 9.17) is 5.11 Å². The van der Waals surface area contributed by atoms with Crippen molar-refractivity contribution < 1.29 is 14.7 Å². The van der Waals surface area contributed by atoms with Crippen LogP contribution in [0.1, 0.15) is 31.8 Å². The van der Waals surface area contributed by atoms with E-state index in [1.807, 2.05) is 19.1 Å². The average molecular weight is 241 g/mol. The van der Waals surface area contributed by atoms with Gasteiger partial charge in [0, 0.05) is 23.5 Å². The van der Waals surface area contributed by atoms with Crippen LogP contribution in [0.5, 0.6) is 0 Å². The fourth-order valence-corrected chi connectivity index (χ4v) is 1.62. The van der Waals surface area contributed by atoms with Gasteiger partial charge in [0.05, 0.1) is 5.56 Å². The number of carbonyl (C=O) groups is 2. The van der Waals surface area contributed by atoms with Gasteiger partial charge < -0.3 is 5.11 Å². The van der Waals surface area contributed by atoms with Crippen molar-refractivity contribution in [2.45, 2.75) is 6.92 Å². The number of nitrogens with zero attached hydrogens (tertiary/aromatic N) is 1. The van der Waals surface area contributed by atoms with Crippen LogP contribution in [0.2, 0.25) is 0 Å². The molecule has 0 saturated heterocycles. The van der Waals surface area contributed by atoms with E-state index in [0.717, 1.165) is 5.56 Å². The number of pyridine rings is 1. The monoisotopic (exact) mass is 241 g/mol. The number of aromatic carboxylic acids is 1. The highest BCUT2D eigenvalue weighted by Gasteiger charge is 2.17. The van der Waals surface area contributed by atoms with Crippen molar-refractivity contribution in [2.75, 3.05) is 0 Å². The van der Waals surface area contributed by atoms with E-state index in [1.165, 1.54) is 18.5 Å². The van der Waals surface area contributed by atoms with Gasteiger partial charge in [-0.3, -0.25) is 9.78 Å². The van der Waals surface area contributed by atoms with Crippen LogP contribution in [0.3, 0.4) is 0 Å². The summed E-state index contributed by atoms with van der Waals surface area (Å²) < 4.78 is 0. The molecule has 4 nitrogen and oxygen atoms in total. The number of carboxylic acids is 1. The SMILES string of the molecule is Cc1ccc(C(=O)c2ccncc2C(=O)O)cc1. The van der Waals surface area contributed by atoms with Gasteiger partial charge in [-0.25, -0.2) is 4.79 Å². The molecule has 90 valence electrons. The van der Waals surface area contributed by atoms with Crippen LogP contribution in [-0.2, 0) is 0 Å². The highest BCUT2D eigenvalue weighted by Crippen LogP contribution is 2.14. The fraction of sp³-hybridized carbons (Fsp3) is 0.0714. The van der Waals surface area contributed by atoms with E-state index < -0.39 is 5.97 Å². The van der Waals surface area contributed by atoms with Gasteiger partial charge in [-0.15, -0.1) is 0 Å². The Labute approximate surface area is 104 Å². The Morgan fingerprint density at radius 1 is 1.06 bits per heavy atom. The molecule has 18 heavy (non-hydrogen) atoms. The predicted octanol–water partition coefficient (Wildman–Crippen LogP) is 2.32. The van der Waals surface area contributed by atoms with Crippen molar-refractivity contribution >= 4 is 11.8 Å². The van der Waals surface area contributed by atoms with Crippen LogP contribution in [0.15, 0.2) is 42.7 Å². The molecule has 1 heterocycles. The quantitative estimate of drug-likeness (QED) is 0.837. The second kappa shape index (κ2) is 4.79. The number of ketones is 1. The Bertz CT molecular complexity index is 603. The molecule has 4 heteroatoms. The molecule has 0 spiro atoms. The second-order valence-corrected chi connectivity index (χ2v) is 3.92. The summed E-state index contributed by atoms with van der Waals surface area (Å²) in [7, 11) is 0. The molecule has 0 aliphatic heterocycles. The van der Waals surface area contributed by atoms with Gasteiger partial charge in [-0.05, 0) is 13.0 Å². The molecule has 0 fully saturated rings. The van der Waals surface area contributed by atoms with Crippen LogP contribution in [0.25, 0.3) is 0 Å². The third-order valence-electron chi connectivity index (χ3n) is 2.61. The van der Waals surface area contributed by atoms with Gasteiger partial charge in [0.2, 0.25) is 0 Å². The van der Waals surface area contributed by atoms with E-state index >= 15 is 0 Å². The third-order valence-corrected chi connectivity index (χ3v) is 2.61. The molecule has 0 bridgehead atoms. The second-order valence-electron chi connectivity index (χ2n) is 3.92. The van der Waals surface area contributed by atoms with Gasteiger partial charge in [0.1, 0.15) is 0 Å². The first-order valence-electron chi connectivity index (χ1n) is 5.38. The van der Waals surface area contributed by atoms with Gasteiger partial charge in [0.15, 0.2) is 5.78 Å². The Morgan fingerprint density at radius 3 is 2.33 bits per heavy atom. The van der Waals surface area contributed by atoms with E-state index in [0.29, 0.717) is 5.56 Å². The molecule has 0 atom stereocenters. The summed E-state index contributed by atoms with van der Waals surface area (Å²) in [5.74, 6) is -1.46. The number of hydrogen-bond donors (Lipinski definition) is 1. The Morgan fingerprint density at radius 2 is 1.72 bits per heavy atom. The number of hydrogen-bond acceptors (Lipinski definition) is 3. The van der Waals surface area contributed by atoms with Gasteiger partial charge in [-0.1, -0.05) is 29.8 Å². The van der Waals surface area contributed by atoms with E-state index in [2.05, 4.69) is 4.98 Å². The first-order chi connectivity index (χ1) is 8.59. The summed E-state index contributed by atoms with van der Waals surface area (Å²) in [6, 6.07) is 8.42. The number of carboxylic acid groups (broad SMARTS) is 1. The standard InChI is InChI=1S/C14H11NO3/c1-9-2-4-10(5-3-9)13(16)11-6-7-15-8-12(11)14(17)18/h2-8H,1H3,(H,17,18). The molecule has 0 saturated carbocycles. The van der Waals surface area contributed by atoms with Crippen molar-refractivity contribution in [3.8, 4) is 0 Å². The van der Waals surface area contributed by atoms with Crippen molar-refractivity contribution in [1.29, 1.82) is 0 Å². The molecular weight excluding hydrogens is 230 g/mol. The maximum absolute atomic E-state index is 12.2. The van der Waals surface area contributed by atoms with Crippen LogP contribution < -0.4 is 0 Å². The number of rotatable bonds is 3. The Hall–Kier alpha value is -2.49. The first kappa shape index (κ1) is 12.0. The molecule has 0 amide bonds. The number of aromatic nitrogens is 1. The lowest BCUT2D eigenvalue weighted by Crippen LogP contribution is -2.10. The smallest absolute Gasteiger partial charge is 0.338 e. The highest BCUT2D eigenvalue weighted by molar-refractivity contribution is 6.14. The van der Waals surface area contributed by atoms with Crippen molar-refractivity contribution in [3.63, 3.8) is 0 Å². The number of aryl methyl sites for hydroxylation is 1. The van der Waals surface area contributed by atoms with Crippen LogP contribution in [0.4, 0.5) is 0 Å². The van der Waals surface area contributed by atoms with Gasteiger partial charge in [0.25, 0.3) is 0 Å². The first-order valence-corrected chi connectivity index (χ1v) is 5.38. The molecule has 1 N–H and O–H groups in total. The summed E-state index contributed by atoms with van der Waals surface area (Å²) in [6.45, 7) is 1.92. The summed E-state index contributed by atoms with van der Waals surface area (Å²) >= 11 is 0. The zero-order valence-electron chi connectivity index (χ0n) is 9.75. The molecule has 1 aromatic heterocycles. The summed E-state index contributed by atoms with van der Waals surface area (Å²) in [4.78, 5) is 26.9.